The van der Waals surface area contributed by atoms with Crippen molar-refractivity contribution in [3.05, 3.63) is 37.2 Å². The standard InChI is InChI=1S/C20H23N6O8P/c1-20-15(32-19(27)33-20)13(31-18(20)26-10-25-14-16(21)23-9-24-17(14)26)8-30-35(28)29-7-4-12(34-35)11-2-5-22-6-3-11/h2-3,5-6,9-13,15,18,22H,4,7-8H2,1H3,(H2,21,23,24)/t12?,13-,15?,18+,20?,35?/m1/s1. The van der Waals surface area contributed by atoms with Crippen LogP contribution in [0.5, 0.6) is 0 Å². The molecule has 3 saturated heterocycles. The van der Waals surface area contributed by atoms with Crippen molar-refractivity contribution in [2.75, 3.05) is 18.9 Å². The van der Waals surface area contributed by atoms with Crippen molar-refractivity contribution in [1.82, 2.24) is 24.8 Å². The fraction of sp³-hybridized carbons (Fsp3) is 0.500. The minimum Gasteiger partial charge on any atom is -0.424 e. The molecule has 0 saturated carbocycles. The van der Waals surface area contributed by atoms with E-state index >= 15 is 0 Å². The zero-order chi connectivity index (χ0) is 24.2. The van der Waals surface area contributed by atoms with Crippen LogP contribution in [-0.4, -0.2) is 62.8 Å². The lowest BCUT2D eigenvalue weighted by Crippen LogP contribution is -2.42. The minimum atomic E-state index is -3.89. The Kier molecular flexibility index (Phi) is 5.31. The molecule has 4 unspecified atom stereocenters. The second kappa shape index (κ2) is 8.28. The SMILES string of the molecule is CC12OC(=O)OC1[C@@H](COP1(=O)OCCC(C3C=CNC=C3)O1)O[C@@H]2n1cnc2c(N)ncnc21. The molecule has 15 heteroatoms. The van der Waals surface area contributed by atoms with Crippen LogP contribution in [0, 0.1) is 5.92 Å². The Morgan fingerprint density at radius 3 is 2.97 bits per heavy atom. The number of dihydropyridines is 1. The summed E-state index contributed by atoms with van der Waals surface area (Å²) in [7, 11) is -3.89. The molecule has 6 heterocycles. The van der Waals surface area contributed by atoms with Gasteiger partial charge in [0.2, 0.25) is 0 Å². The molecule has 3 N–H and O–H groups in total. The van der Waals surface area contributed by atoms with Gasteiger partial charge in [-0.2, -0.15) is 0 Å². The third-order valence-corrected chi connectivity index (χ3v) is 7.93. The lowest BCUT2D eigenvalue weighted by molar-refractivity contribution is -0.0928. The van der Waals surface area contributed by atoms with Crippen molar-refractivity contribution in [1.29, 1.82) is 0 Å². The summed E-state index contributed by atoms with van der Waals surface area (Å²) in [5.74, 6) is 0.131. The van der Waals surface area contributed by atoms with Crippen LogP contribution in [0.2, 0.25) is 0 Å². The zero-order valence-electron chi connectivity index (χ0n) is 18.6. The van der Waals surface area contributed by atoms with E-state index in [2.05, 4.69) is 20.3 Å². The molecule has 0 amide bonds. The van der Waals surface area contributed by atoms with E-state index in [1.54, 1.807) is 23.9 Å². The maximum Gasteiger partial charge on any atom is 0.509 e. The number of rotatable bonds is 5. The van der Waals surface area contributed by atoms with E-state index in [9.17, 15) is 9.36 Å². The van der Waals surface area contributed by atoms with Crippen molar-refractivity contribution in [2.24, 2.45) is 5.92 Å². The van der Waals surface area contributed by atoms with Gasteiger partial charge in [0.15, 0.2) is 29.4 Å². The third kappa shape index (κ3) is 3.78. The predicted molar refractivity (Wildman–Crippen MR) is 117 cm³/mol. The van der Waals surface area contributed by atoms with Gasteiger partial charge in [-0.15, -0.1) is 0 Å². The molecule has 186 valence electrons. The number of nitrogens with one attached hydrogen (secondary N) is 1. The quantitative estimate of drug-likeness (QED) is 0.444. The Hall–Kier alpha value is -3.03. The van der Waals surface area contributed by atoms with Gasteiger partial charge in [-0.25, -0.2) is 24.3 Å². The van der Waals surface area contributed by atoms with Gasteiger partial charge in [-0.3, -0.25) is 18.1 Å². The van der Waals surface area contributed by atoms with Crippen LogP contribution in [0.25, 0.3) is 11.2 Å². The largest absolute Gasteiger partial charge is 0.509 e. The van der Waals surface area contributed by atoms with E-state index in [1.165, 1.54) is 12.7 Å². The van der Waals surface area contributed by atoms with Crippen LogP contribution in [0.1, 0.15) is 19.6 Å². The number of fused-ring (bicyclic) bond motifs is 2. The molecule has 0 aliphatic carbocycles. The highest BCUT2D eigenvalue weighted by Gasteiger charge is 2.64. The summed E-state index contributed by atoms with van der Waals surface area (Å²) < 4.78 is 48.7. The van der Waals surface area contributed by atoms with Gasteiger partial charge >= 0.3 is 14.0 Å². The summed E-state index contributed by atoms with van der Waals surface area (Å²) >= 11 is 0. The highest BCUT2D eigenvalue weighted by atomic mass is 31.2. The number of anilines is 1. The highest BCUT2D eigenvalue weighted by molar-refractivity contribution is 7.48. The van der Waals surface area contributed by atoms with Crippen molar-refractivity contribution < 1.29 is 37.1 Å². The number of phosphoric acid groups is 1. The number of nitrogens with two attached hydrogens (primary N) is 1. The molecule has 14 nitrogen and oxygen atoms in total. The first kappa shape index (κ1) is 22.4. The van der Waals surface area contributed by atoms with Crippen LogP contribution >= 0.6 is 7.82 Å². The molecule has 6 atom stereocenters. The van der Waals surface area contributed by atoms with Crippen molar-refractivity contribution in [2.45, 2.75) is 43.5 Å². The van der Waals surface area contributed by atoms with E-state index < -0.39 is 38.0 Å². The molecule has 0 bridgehead atoms. The van der Waals surface area contributed by atoms with E-state index in [-0.39, 0.29) is 31.1 Å². The van der Waals surface area contributed by atoms with E-state index in [0.29, 0.717) is 17.6 Å². The van der Waals surface area contributed by atoms with Gasteiger partial charge in [-0.1, -0.05) is 12.2 Å². The van der Waals surface area contributed by atoms with Gasteiger partial charge in [0.25, 0.3) is 0 Å². The first-order valence-electron chi connectivity index (χ1n) is 11.0. The highest BCUT2D eigenvalue weighted by Crippen LogP contribution is 2.56. The number of aromatic nitrogens is 4. The number of hydrogen-bond donors (Lipinski definition) is 2. The Balaban J connectivity index is 1.22. The maximum atomic E-state index is 13.2. The van der Waals surface area contributed by atoms with E-state index in [1.807, 2.05) is 12.2 Å². The predicted octanol–water partition coefficient (Wildman–Crippen LogP) is 1.78. The number of nitrogen functional groups attached to an aromatic ring is 1. The molecule has 3 fully saturated rings. The monoisotopic (exact) mass is 506 g/mol. The smallest absolute Gasteiger partial charge is 0.424 e. The minimum absolute atomic E-state index is 0.0689. The average molecular weight is 506 g/mol. The molecule has 4 aliphatic heterocycles. The molecule has 0 aromatic carbocycles. The molecule has 0 spiro atoms. The number of carbonyl (C=O) groups is 1. The van der Waals surface area contributed by atoms with Gasteiger partial charge in [0.1, 0.15) is 17.9 Å². The second-order valence-electron chi connectivity index (χ2n) is 8.66. The van der Waals surface area contributed by atoms with Crippen molar-refractivity contribution in [3.63, 3.8) is 0 Å². The fourth-order valence-electron chi connectivity index (χ4n) is 4.73. The summed E-state index contributed by atoms with van der Waals surface area (Å²) in [5.41, 5.74) is 5.43. The van der Waals surface area contributed by atoms with Crippen LogP contribution in [0.3, 0.4) is 0 Å². The number of imidazole rings is 1. The average Bonchev–Trinajstić information content (AvgIpc) is 3.48. The summed E-state index contributed by atoms with van der Waals surface area (Å²) in [4.78, 5) is 24.5. The molecule has 0 radical (unpaired) electrons. The summed E-state index contributed by atoms with van der Waals surface area (Å²) in [6, 6.07) is 0. The number of carbonyl (C=O) groups excluding carboxylic acids is 1. The zero-order valence-corrected chi connectivity index (χ0v) is 19.4. The first-order chi connectivity index (χ1) is 16.9. The third-order valence-electron chi connectivity index (χ3n) is 6.43. The number of phosphoric ester groups is 1. The number of ether oxygens (including phenoxy) is 3. The van der Waals surface area contributed by atoms with Crippen molar-refractivity contribution in [3.8, 4) is 0 Å². The lowest BCUT2D eigenvalue weighted by atomic mass is 9.96. The van der Waals surface area contributed by atoms with Crippen LogP contribution in [0.4, 0.5) is 10.6 Å². The summed E-state index contributed by atoms with van der Waals surface area (Å²) in [6.45, 7) is 1.65. The van der Waals surface area contributed by atoms with E-state index in [4.69, 9.17) is 33.5 Å². The normalized spacial score (nSPS) is 36.7. The van der Waals surface area contributed by atoms with Crippen molar-refractivity contribution >= 4 is 31.0 Å². The first-order valence-corrected chi connectivity index (χ1v) is 12.5. The van der Waals surface area contributed by atoms with Crippen LogP contribution in [-0.2, 0) is 32.3 Å². The van der Waals surface area contributed by atoms with E-state index in [0.717, 1.165) is 0 Å². The van der Waals surface area contributed by atoms with Gasteiger partial charge in [0.05, 0.1) is 25.6 Å². The Morgan fingerprint density at radius 2 is 2.14 bits per heavy atom. The van der Waals surface area contributed by atoms with Gasteiger partial charge in [-0.05, 0) is 25.7 Å². The fourth-order valence-corrected chi connectivity index (χ4v) is 6.16. The topological polar surface area (TPSA) is 171 Å². The molecule has 2 aromatic rings. The van der Waals surface area contributed by atoms with Crippen LogP contribution in [0.15, 0.2) is 37.2 Å². The number of nitrogens with zero attached hydrogens (tertiary/aromatic N) is 4. The lowest BCUT2D eigenvalue weighted by Gasteiger charge is -2.32. The molecule has 35 heavy (non-hydrogen) atoms. The second-order valence-corrected chi connectivity index (χ2v) is 10.3. The van der Waals surface area contributed by atoms with Crippen LogP contribution < -0.4 is 11.1 Å². The molecule has 6 rings (SSSR count). The van der Waals surface area contributed by atoms with Gasteiger partial charge in [0, 0.05) is 5.92 Å². The molecular weight excluding hydrogens is 483 g/mol. The molecule has 2 aromatic heterocycles. The maximum absolute atomic E-state index is 13.2. The number of hydrogen-bond acceptors (Lipinski definition) is 13. The Morgan fingerprint density at radius 1 is 1.31 bits per heavy atom. The summed E-state index contributed by atoms with van der Waals surface area (Å²) in [6.07, 6.45) is 6.92. The Bertz CT molecular complexity index is 1260. The van der Waals surface area contributed by atoms with Gasteiger partial charge < -0.3 is 25.3 Å². The molecule has 4 aliphatic rings. The molecular formula is C20H23N6O8P. The Labute approximate surface area is 199 Å². The summed E-state index contributed by atoms with van der Waals surface area (Å²) in [5, 5.41) is 2.96.